The molecule has 0 N–H and O–H groups in total. The van der Waals surface area contributed by atoms with Gasteiger partial charge in [-0.05, 0) is 12.8 Å². The van der Waals surface area contributed by atoms with E-state index in [0.29, 0.717) is 32.5 Å². The van der Waals surface area contributed by atoms with Crippen molar-refractivity contribution in [2.24, 2.45) is 0 Å². The van der Waals surface area contributed by atoms with E-state index in [4.69, 9.17) is 4.74 Å². The van der Waals surface area contributed by atoms with Crippen molar-refractivity contribution in [1.29, 1.82) is 0 Å². The number of amides is 1. The highest BCUT2D eigenvalue weighted by atomic mass is 79.9. The zero-order valence-electron chi connectivity index (χ0n) is 9.30. The third kappa shape index (κ3) is 5.72. The molecule has 0 aromatic rings. The Morgan fingerprint density at radius 1 is 1.35 bits per heavy atom. The van der Waals surface area contributed by atoms with Crippen LogP contribution in [0.4, 0.5) is 13.2 Å². The highest BCUT2D eigenvalue weighted by Gasteiger charge is 2.34. The van der Waals surface area contributed by atoms with E-state index in [-0.39, 0.29) is 6.10 Å². The van der Waals surface area contributed by atoms with E-state index in [1.807, 2.05) is 0 Å². The number of ether oxygens (including phenoxy) is 1. The highest BCUT2D eigenvalue weighted by molar-refractivity contribution is 9.09. The van der Waals surface area contributed by atoms with Crippen LogP contribution in [0.15, 0.2) is 0 Å². The minimum absolute atomic E-state index is 0.0579. The van der Waals surface area contributed by atoms with E-state index in [1.54, 1.807) is 0 Å². The summed E-state index contributed by atoms with van der Waals surface area (Å²) in [6.07, 6.45) is -4.50. The monoisotopic (exact) mass is 317 g/mol. The van der Waals surface area contributed by atoms with Gasteiger partial charge in [0.25, 0.3) is 0 Å². The quantitative estimate of drug-likeness (QED) is 0.745. The predicted molar refractivity (Wildman–Crippen MR) is 60.0 cm³/mol. The summed E-state index contributed by atoms with van der Waals surface area (Å²) in [6, 6.07) is 0. The van der Waals surface area contributed by atoms with E-state index in [0.717, 1.165) is 5.33 Å². The second-order valence-corrected chi connectivity index (χ2v) is 4.72. The Labute approximate surface area is 106 Å². The second kappa shape index (κ2) is 6.58. The van der Waals surface area contributed by atoms with Gasteiger partial charge in [-0.15, -0.1) is 0 Å². The summed E-state index contributed by atoms with van der Waals surface area (Å²) in [5, 5.41) is 0.736. The van der Waals surface area contributed by atoms with Crippen molar-refractivity contribution in [3.63, 3.8) is 0 Å². The molecule has 17 heavy (non-hydrogen) atoms. The zero-order chi connectivity index (χ0) is 12.9. The van der Waals surface area contributed by atoms with Crippen LogP contribution >= 0.6 is 15.9 Å². The van der Waals surface area contributed by atoms with Gasteiger partial charge < -0.3 is 9.64 Å². The van der Waals surface area contributed by atoms with Gasteiger partial charge in [0.05, 0.1) is 12.7 Å². The van der Waals surface area contributed by atoms with Crippen LogP contribution in [-0.2, 0) is 9.53 Å². The largest absolute Gasteiger partial charge is 0.397 e. The van der Waals surface area contributed by atoms with Crippen molar-refractivity contribution in [2.75, 3.05) is 25.0 Å². The first kappa shape index (κ1) is 14.8. The van der Waals surface area contributed by atoms with Gasteiger partial charge in [0.15, 0.2) is 0 Å². The van der Waals surface area contributed by atoms with Gasteiger partial charge in [-0.3, -0.25) is 4.79 Å². The molecule has 100 valence electrons. The van der Waals surface area contributed by atoms with E-state index >= 15 is 0 Å². The molecule has 0 atom stereocenters. The Morgan fingerprint density at radius 3 is 2.41 bits per heavy atom. The highest BCUT2D eigenvalue weighted by Crippen LogP contribution is 2.22. The Morgan fingerprint density at radius 2 is 1.94 bits per heavy atom. The SMILES string of the molecule is O=C(CC(F)(F)F)N1CCC(OCCBr)CC1. The number of hydrogen-bond donors (Lipinski definition) is 0. The van der Waals surface area contributed by atoms with Gasteiger partial charge in [-0.2, -0.15) is 13.2 Å². The third-order valence-corrected chi connectivity index (χ3v) is 2.90. The molecule has 0 saturated carbocycles. The number of nitrogens with zero attached hydrogens (tertiary/aromatic N) is 1. The molecule has 0 aromatic carbocycles. The molecule has 1 fully saturated rings. The minimum atomic E-state index is -4.42. The lowest BCUT2D eigenvalue weighted by atomic mass is 10.1. The maximum atomic E-state index is 12.0. The standard InChI is InChI=1S/C10H15BrF3NO2/c11-3-6-17-8-1-4-15(5-2-8)9(16)7-10(12,13)14/h8H,1-7H2. The summed E-state index contributed by atoms with van der Waals surface area (Å²) in [5.41, 5.74) is 0. The Kier molecular flexibility index (Phi) is 5.72. The molecule has 0 unspecified atom stereocenters. The summed E-state index contributed by atoms with van der Waals surface area (Å²) < 4.78 is 41.5. The predicted octanol–water partition coefficient (Wildman–Crippen LogP) is 2.34. The van der Waals surface area contributed by atoms with Gasteiger partial charge in [0, 0.05) is 18.4 Å². The molecular weight excluding hydrogens is 303 g/mol. The molecule has 1 aliphatic heterocycles. The number of hydrogen-bond acceptors (Lipinski definition) is 2. The number of halogens is 4. The molecule has 1 saturated heterocycles. The summed E-state index contributed by atoms with van der Waals surface area (Å²) in [7, 11) is 0. The first-order valence-electron chi connectivity index (χ1n) is 5.44. The summed E-state index contributed by atoms with van der Waals surface area (Å²) in [5.74, 6) is -0.837. The summed E-state index contributed by atoms with van der Waals surface area (Å²) >= 11 is 3.23. The number of alkyl halides is 4. The normalized spacial score (nSPS) is 18.5. The molecule has 1 rings (SSSR count). The average molecular weight is 318 g/mol. The molecule has 1 amide bonds. The Balaban J connectivity index is 2.29. The fourth-order valence-corrected chi connectivity index (χ4v) is 1.95. The lowest BCUT2D eigenvalue weighted by Crippen LogP contribution is -2.42. The summed E-state index contributed by atoms with van der Waals surface area (Å²) in [6.45, 7) is 1.28. The zero-order valence-corrected chi connectivity index (χ0v) is 10.9. The first-order chi connectivity index (χ1) is 7.92. The molecule has 7 heteroatoms. The smallest absolute Gasteiger partial charge is 0.377 e. The van der Waals surface area contributed by atoms with Gasteiger partial charge in [0.2, 0.25) is 5.91 Å². The fourth-order valence-electron chi connectivity index (χ4n) is 1.77. The molecule has 1 aliphatic rings. The van der Waals surface area contributed by atoms with Crippen LogP contribution in [0.2, 0.25) is 0 Å². The molecule has 0 radical (unpaired) electrons. The number of rotatable bonds is 4. The number of carbonyl (C=O) groups is 1. The van der Waals surface area contributed by atoms with E-state index < -0.39 is 18.5 Å². The van der Waals surface area contributed by atoms with Crippen LogP contribution in [0, 0.1) is 0 Å². The molecule has 0 aliphatic carbocycles. The molecule has 0 aromatic heterocycles. The van der Waals surface area contributed by atoms with Crippen molar-refractivity contribution in [3.05, 3.63) is 0 Å². The van der Waals surface area contributed by atoms with E-state index in [1.165, 1.54) is 4.90 Å². The Bertz CT molecular complexity index is 252. The maximum absolute atomic E-state index is 12.0. The molecule has 1 heterocycles. The van der Waals surface area contributed by atoms with Crippen molar-refractivity contribution in [3.8, 4) is 0 Å². The fraction of sp³-hybridized carbons (Fsp3) is 0.900. The number of likely N-dealkylation sites (tertiary alicyclic amines) is 1. The average Bonchev–Trinajstić information content (AvgIpc) is 2.24. The van der Waals surface area contributed by atoms with Crippen LogP contribution in [0.1, 0.15) is 19.3 Å². The van der Waals surface area contributed by atoms with Gasteiger partial charge >= 0.3 is 6.18 Å². The van der Waals surface area contributed by atoms with Crippen molar-refractivity contribution in [1.82, 2.24) is 4.90 Å². The molecule has 3 nitrogen and oxygen atoms in total. The van der Waals surface area contributed by atoms with Gasteiger partial charge in [0.1, 0.15) is 6.42 Å². The van der Waals surface area contributed by atoms with Crippen LogP contribution in [0.3, 0.4) is 0 Å². The van der Waals surface area contributed by atoms with Crippen LogP contribution < -0.4 is 0 Å². The second-order valence-electron chi connectivity index (χ2n) is 3.93. The van der Waals surface area contributed by atoms with Crippen molar-refractivity contribution < 1.29 is 22.7 Å². The lowest BCUT2D eigenvalue weighted by molar-refractivity contribution is -0.162. The third-order valence-electron chi connectivity index (χ3n) is 2.58. The van der Waals surface area contributed by atoms with E-state index in [2.05, 4.69) is 15.9 Å². The summed E-state index contributed by atoms with van der Waals surface area (Å²) in [4.78, 5) is 12.6. The maximum Gasteiger partial charge on any atom is 0.397 e. The van der Waals surface area contributed by atoms with Gasteiger partial charge in [-0.1, -0.05) is 15.9 Å². The topological polar surface area (TPSA) is 29.5 Å². The number of piperidine rings is 1. The van der Waals surface area contributed by atoms with Crippen molar-refractivity contribution in [2.45, 2.75) is 31.5 Å². The molecule has 0 spiro atoms. The van der Waals surface area contributed by atoms with Crippen LogP contribution in [0.25, 0.3) is 0 Å². The van der Waals surface area contributed by atoms with Crippen LogP contribution in [0.5, 0.6) is 0 Å². The minimum Gasteiger partial charge on any atom is -0.377 e. The van der Waals surface area contributed by atoms with E-state index in [9.17, 15) is 18.0 Å². The van der Waals surface area contributed by atoms with Crippen molar-refractivity contribution >= 4 is 21.8 Å². The molecule has 0 bridgehead atoms. The first-order valence-corrected chi connectivity index (χ1v) is 6.56. The molecular formula is C10H15BrF3NO2. The lowest BCUT2D eigenvalue weighted by Gasteiger charge is -2.32. The van der Waals surface area contributed by atoms with Gasteiger partial charge in [-0.25, -0.2) is 0 Å². The Hall–Kier alpha value is -0.300. The number of carbonyl (C=O) groups excluding carboxylic acids is 1. The van der Waals surface area contributed by atoms with Crippen LogP contribution in [-0.4, -0.2) is 48.1 Å².